The molecule has 1 N–H and O–H groups in total. The molecule has 1 rings (SSSR count). The second kappa shape index (κ2) is 7.52. The SMILES string of the molecule is CCCNC(CCCCSC(F)(F)F)C1CC1. The van der Waals surface area contributed by atoms with E-state index in [0.717, 1.165) is 31.7 Å². The van der Waals surface area contributed by atoms with E-state index in [0.29, 0.717) is 12.5 Å². The fraction of sp³-hybridized carbons (Fsp3) is 1.00. The van der Waals surface area contributed by atoms with Gasteiger partial charge in [-0.2, -0.15) is 13.2 Å². The van der Waals surface area contributed by atoms with E-state index in [9.17, 15) is 13.2 Å². The molecule has 1 saturated carbocycles. The normalized spacial score (nSPS) is 18.4. The van der Waals surface area contributed by atoms with Gasteiger partial charge in [-0.15, -0.1) is 0 Å². The number of unbranched alkanes of at least 4 members (excludes halogenated alkanes) is 1. The number of halogens is 3. The highest BCUT2D eigenvalue weighted by Crippen LogP contribution is 2.35. The van der Waals surface area contributed by atoms with Crippen LogP contribution >= 0.6 is 11.8 Å². The van der Waals surface area contributed by atoms with E-state index in [1.807, 2.05) is 0 Å². The van der Waals surface area contributed by atoms with Gasteiger partial charge in [0.1, 0.15) is 0 Å². The Balaban J connectivity index is 2.02. The molecule has 1 atom stereocenters. The molecule has 0 aromatic heterocycles. The molecule has 5 heteroatoms. The topological polar surface area (TPSA) is 12.0 Å². The molecule has 1 unspecified atom stereocenters. The molecule has 0 aromatic rings. The van der Waals surface area contributed by atoms with Crippen molar-refractivity contribution in [2.75, 3.05) is 12.3 Å². The first-order chi connectivity index (χ1) is 8.03. The van der Waals surface area contributed by atoms with Crippen LogP contribution in [0.15, 0.2) is 0 Å². The van der Waals surface area contributed by atoms with Crippen LogP contribution in [-0.4, -0.2) is 23.8 Å². The summed E-state index contributed by atoms with van der Waals surface area (Å²) < 4.78 is 35.7. The minimum atomic E-state index is -4.06. The van der Waals surface area contributed by atoms with Gasteiger partial charge >= 0.3 is 5.51 Å². The molecule has 102 valence electrons. The van der Waals surface area contributed by atoms with Crippen molar-refractivity contribution >= 4 is 11.8 Å². The van der Waals surface area contributed by atoms with Crippen molar-refractivity contribution in [3.05, 3.63) is 0 Å². The zero-order valence-corrected chi connectivity index (χ0v) is 11.2. The minimum Gasteiger partial charge on any atom is -0.314 e. The van der Waals surface area contributed by atoms with Crippen molar-refractivity contribution in [3.8, 4) is 0 Å². The first kappa shape index (κ1) is 15.2. The predicted octanol–water partition coefficient (Wildman–Crippen LogP) is 4.19. The Bertz CT molecular complexity index is 204. The van der Waals surface area contributed by atoms with Crippen LogP contribution in [0.4, 0.5) is 13.2 Å². The maximum absolute atomic E-state index is 11.9. The zero-order chi connectivity index (χ0) is 12.7. The van der Waals surface area contributed by atoms with Gasteiger partial charge in [-0.25, -0.2) is 0 Å². The summed E-state index contributed by atoms with van der Waals surface area (Å²) in [6, 6.07) is 0.547. The summed E-state index contributed by atoms with van der Waals surface area (Å²) in [4.78, 5) is 0. The molecule has 1 aliphatic carbocycles. The number of thioether (sulfide) groups is 1. The maximum atomic E-state index is 11.9. The molecule has 0 aliphatic heterocycles. The Morgan fingerprint density at radius 1 is 1.29 bits per heavy atom. The van der Waals surface area contributed by atoms with E-state index in [1.165, 1.54) is 12.8 Å². The van der Waals surface area contributed by atoms with Crippen LogP contribution in [0, 0.1) is 5.92 Å². The Kier molecular flexibility index (Phi) is 6.70. The first-order valence-corrected chi connectivity index (χ1v) is 7.45. The highest BCUT2D eigenvalue weighted by atomic mass is 32.2. The van der Waals surface area contributed by atoms with Crippen molar-refractivity contribution < 1.29 is 13.2 Å². The van der Waals surface area contributed by atoms with Crippen molar-refractivity contribution in [2.24, 2.45) is 5.92 Å². The molecule has 0 radical (unpaired) electrons. The number of rotatable bonds is 9. The van der Waals surface area contributed by atoms with Gasteiger partial charge in [-0.3, -0.25) is 0 Å². The average molecular weight is 269 g/mol. The van der Waals surface area contributed by atoms with Crippen molar-refractivity contribution in [1.82, 2.24) is 5.32 Å². The Morgan fingerprint density at radius 3 is 2.53 bits per heavy atom. The maximum Gasteiger partial charge on any atom is 0.441 e. The lowest BCUT2D eigenvalue weighted by Gasteiger charge is -2.17. The van der Waals surface area contributed by atoms with E-state index < -0.39 is 5.51 Å². The van der Waals surface area contributed by atoms with Gasteiger partial charge in [-0.05, 0) is 44.6 Å². The van der Waals surface area contributed by atoms with Gasteiger partial charge in [0.05, 0.1) is 0 Å². The monoisotopic (exact) mass is 269 g/mol. The van der Waals surface area contributed by atoms with Crippen LogP contribution in [0.2, 0.25) is 0 Å². The lowest BCUT2D eigenvalue weighted by molar-refractivity contribution is -0.0328. The molecule has 0 amide bonds. The summed E-state index contributed by atoms with van der Waals surface area (Å²) in [5, 5.41) is 3.51. The van der Waals surface area contributed by atoms with Crippen LogP contribution in [-0.2, 0) is 0 Å². The van der Waals surface area contributed by atoms with Gasteiger partial charge in [0.15, 0.2) is 0 Å². The number of hydrogen-bond donors (Lipinski definition) is 1. The zero-order valence-electron chi connectivity index (χ0n) is 10.4. The summed E-state index contributed by atoms with van der Waals surface area (Å²) >= 11 is 0.107. The summed E-state index contributed by atoms with van der Waals surface area (Å²) in [5.74, 6) is 0.992. The molecule has 0 aromatic carbocycles. The van der Waals surface area contributed by atoms with Crippen molar-refractivity contribution in [1.29, 1.82) is 0 Å². The molecule has 1 fully saturated rings. The highest BCUT2D eigenvalue weighted by molar-refractivity contribution is 8.00. The van der Waals surface area contributed by atoms with Gasteiger partial charge in [-0.1, -0.05) is 25.1 Å². The van der Waals surface area contributed by atoms with Crippen LogP contribution in [0.1, 0.15) is 45.4 Å². The first-order valence-electron chi connectivity index (χ1n) is 6.47. The predicted molar refractivity (Wildman–Crippen MR) is 67.2 cm³/mol. The van der Waals surface area contributed by atoms with Gasteiger partial charge in [0, 0.05) is 11.8 Å². The largest absolute Gasteiger partial charge is 0.441 e. The van der Waals surface area contributed by atoms with E-state index in [2.05, 4.69) is 12.2 Å². The molecular weight excluding hydrogens is 247 g/mol. The molecule has 0 saturated heterocycles. The molecule has 17 heavy (non-hydrogen) atoms. The average Bonchev–Trinajstić information content (AvgIpc) is 3.04. The Labute approximate surface area is 106 Å². The second-order valence-electron chi connectivity index (χ2n) is 4.69. The van der Waals surface area contributed by atoms with Gasteiger partial charge in [0.2, 0.25) is 0 Å². The smallest absolute Gasteiger partial charge is 0.314 e. The van der Waals surface area contributed by atoms with Crippen molar-refractivity contribution in [2.45, 2.75) is 57.0 Å². The number of alkyl halides is 3. The molecule has 0 heterocycles. The minimum absolute atomic E-state index is 0.107. The molecule has 1 nitrogen and oxygen atoms in total. The lowest BCUT2D eigenvalue weighted by Crippen LogP contribution is -2.31. The molecule has 0 bridgehead atoms. The van der Waals surface area contributed by atoms with Crippen LogP contribution in [0.3, 0.4) is 0 Å². The van der Waals surface area contributed by atoms with Crippen molar-refractivity contribution in [3.63, 3.8) is 0 Å². The summed E-state index contributed by atoms with van der Waals surface area (Å²) in [5.41, 5.74) is -4.06. The van der Waals surface area contributed by atoms with E-state index >= 15 is 0 Å². The van der Waals surface area contributed by atoms with E-state index in [4.69, 9.17) is 0 Å². The third-order valence-corrected chi connectivity index (χ3v) is 3.84. The lowest BCUT2D eigenvalue weighted by atomic mass is 10.1. The summed E-state index contributed by atoms with van der Waals surface area (Å²) in [6.07, 6.45) is 6.30. The molecule has 0 spiro atoms. The van der Waals surface area contributed by atoms with Crippen LogP contribution in [0.25, 0.3) is 0 Å². The third kappa shape index (κ3) is 7.92. The summed E-state index contributed by atoms with van der Waals surface area (Å²) in [7, 11) is 0. The number of hydrogen-bond acceptors (Lipinski definition) is 2. The fourth-order valence-electron chi connectivity index (χ4n) is 1.99. The van der Waals surface area contributed by atoms with Gasteiger partial charge in [0.25, 0.3) is 0 Å². The van der Waals surface area contributed by atoms with E-state index in [1.54, 1.807) is 0 Å². The number of nitrogens with one attached hydrogen (secondary N) is 1. The second-order valence-corrected chi connectivity index (χ2v) is 5.85. The Morgan fingerprint density at radius 2 is 2.00 bits per heavy atom. The van der Waals surface area contributed by atoms with Crippen LogP contribution < -0.4 is 5.32 Å². The quantitative estimate of drug-likeness (QED) is 0.630. The fourth-order valence-corrected chi connectivity index (χ4v) is 2.57. The van der Waals surface area contributed by atoms with Gasteiger partial charge < -0.3 is 5.32 Å². The molecule has 1 aliphatic rings. The third-order valence-electron chi connectivity index (χ3n) is 3.02. The van der Waals surface area contributed by atoms with Crippen LogP contribution in [0.5, 0.6) is 0 Å². The Hall–Kier alpha value is 0.100. The standard InChI is InChI=1S/C12H22F3NS/c1-2-8-16-11(10-6-7-10)5-3-4-9-17-12(13,14)15/h10-11,16H,2-9H2,1H3. The van der Waals surface area contributed by atoms with E-state index in [-0.39, 0.29) is 17.5 Å². The highest BCUT2D eigenvalue weighted by Gasteiger charge is 2.30. The molecular formula is C12H22F3NS. The summed E-state index contributed by atoms with van der Waals surface area (Å²) in [6.45, 7) is 3.16.